The SMILES string of the molecule is C=C(C=Cc1ccccc1)c1cccc(C)c1.C=C1/C=C\C=C/CCCC2=C(C(=C)C1)C(C)C=CC(=C)C2(C)C.CC.CC.CCC.Cc1ccc(-c2cccc3c2CC2=C3C=CCC2)cc1. The van der Waals surface area contributed by atoms with Crippen LogP contribution in [0.4, 0.5) is 0 Å². The third kappa shape index (κ3) is 16.4. The molecule has 0 saturated heterocycles. The fourth-order valence-corrected chi connectivity index (χ4v) is 8.67. The summed E-state index contributed by atoms with van der Waals surface area (Å²) in [6, 6.07) is 34.3. The molecule has 4 aromatic rings. The van der Waals surface area contributed by atoms with Crippen molar-refractivity contribution in [2.45, 2.75) is 128 Å². The second-order valence-electron chi connectivity index (χ2n) is 18.0. The Labute approximate surface area is 410 Å². The lowest BCUT2D eigenvalue weighted by atomic mass is 9.72. The van der Waals surface area contributed by atoms with Crippen molar-refractivity contribution in [2.75, 3.05) is 0 Å². The quantitative estimate of drug-likeness (QED) is 0.179. The normalized spacial score (nSPS) is 17.8. The molecule has 0 heteroatoms. The molecular formula is C67H84. The molecule has 0 nitrogen and oxygen atoms in total. The van der Waals surface area contributed by atoms with Crippen LogP contribution in [0.1, 0.15) is 141 Å². The summed E-state index contributed by atoms with van der Waals surface area (Å²) < 4.78 is 0. The highest BCUT2D eigenvalue weighted by Crippen LogP contribution is 2.46. The summed E-state index contributed by atoms with van der Waals surface area (Å²) in [5.74, 6) is 0.381. The zero-order valence-corrected chi connectivity index (χ0v) is 43.6. The molecule has 0 heterocycles. The lowest BCUT2D eigenvalue weighted by Gasteiger charge is -2.32. The van der Waals surface area contributed by atoms with Crippen LogP contribution >= 0.6 is 0 Å². The second-order valence-corrected chi connectivity index (χ2v) is 18.0. The Bertz CT molecular complexity index is 2460. The number of benzene rings is 4. The van der Waals surface area contributed by atoms with E-state index in [0.717, 1.165) is 36.8 Å². The molecule has 4 aromatic carbocycles. The van der Waals surface area contributed by atoms with Crippen molar-refractivity contribution in [3.63, 3.8) is 0 Å². The molecule has 0 spiro atoms. The van der Waals surface area contributed by atoms with Crippen molar-refractivity contribution in [1.29, 1.82) is 0 Å². The maximum Gasteiger partial charge on any atom is 0.0105 e. The Hall–Kier alpha value is -5.98. The van der Waals surface area contributed by atoms with Crippen LogP contribution < -0.4 is 0 Å². The Morgan fingerprint density at radius 1 is 0.701 bits per heavy atom. The van der Waals surface area contributed by atoms with Crippen LogP contribution in [0.25, 0.3) is 28.3 Å². The third-order valence-corrected chi connectivity index (χ3v) is 12.3. The van der Waals surface area contributed by atoms with Gasteiger partial charge in [0, 0.05) is 5.41 Å². The molecule has 0 N–H and O–H groups in total. The maximum absolute atomic E-state index is 4.43. The Morgan fingerprint density at radius 3 is 2.06 bits per heavy atom. The van der Waals surface area contributed by atoms with E-state index in [2.05, 4.69) is 214 Å². The van der Waals surface area contributed by atoms with E-state index >= 15 is 0 Å². The molecule has 0 aromatic heterocycles. The van der Waals surface area contributed by atoms with Crippen LogP contribution in [0.5, 0.6) is 0 Å². The molecule has 4 aliphatic carbocycles. The molecule has 0 fully saturated rings. The van der Waals surface area contributed by atoms with Gasteiger partial charge in [0.1, 0.15) is 0 Å². The first kappa shape index (κ1) is 55.3. The van der Waals surface area contributed by atoms with Gasteiger partial charge in [0.15, 0.2) is 0 Å². The van der Waals surface area contributed by atoms with Gasteiger partial charge in [0.05, 0.1) is 0 Å². The molecule has 1 unspecified atom stereocenters. The fourth-order valence-electron chi connectivity index (χ4n) is 8.67. The molecule has 67 heavy (non-hydrogen) atoms. The number of allylic oxidation sites excluding steroid dienone is 17. The fraction of sp³-hybridized carbons (Fsp3) is 0.313. The number of rotatable bonds is 4. The highest BCUT2D eigenvalue weighted by molar-refractivity contribution is 5.88. The first-order chi connectivity index (χ1) is 32.3. The van der Waals surface area contributed by atoms with E-state index < -0.39 is 0 Å². The van der Waals surface area contributed by atoms with Crippen LogP contribution in [0.15, 0.2) is 212 Å². The Morgan fingerprint density at radius 2 is 1.37 bits per heavy atom. The lowest BCUT2D eigenvalue weighted by Crippen LogP contribution is -2.19. The van der Waals surface area contributed by atoms with Crippen molar-refractivity contribution in [1.82, 2.24) is 0 Å². The maximum atomic E-state index is 4.43. The highest BCUT2D eigenvalue weighted by atomic mass is 14.4. The van der Waals surface area contributed by atoms with E-state index in [-0.39, 0.29) is 5.41 Å². The summed E-state index contributed by atoms with van der Waals surface area (Å²) in [6.45, 7) is 40.4. The molecule has 4 aliphatic rings. The van der Waals surface area contributed by atoms with E-state index in [9.17, 15) is 0 Å². The number of fused-ring (bicyclic) bond motifs is 2. The number of hydrogen-bond donors (Lipinski definition) is 0. The molecule has 0 amide bonds. The average molecular weight is 889 g/mol. The zero-order valence-electron chi connectivity index (χ0n) is 43.6. The first-order valence-electron chi connectivity index (χ1n) is 25.2. The molecule has 352 valence electrons. The smallest absolute Gasteiger partial charge is 0.0105 e. The van der Waals surface area contributed by atoms with Gasteiger partial charge in [-0.15, -0.1) is 0 Å². The predicted molar refractivity (Wildman–Crippen MR) is 303 cm³/mol. The second kappa shape index (κ2) is 28.9. The van der Waals surface area contributed by atoms with Crippen molar-refractivity contribution in [2.24, 2.45) is 11.3 Å². The largest absolute Gasteiger partial charge is 0.0955 e. The first-order valence-corrected chi connectivity index (χ1v) is 25.2. The van der Waals surface area contributed by atoms with Gasteiger partial charge in [0.25, 0.3) is 0 Å². The molecule has 8 rings (SSSR count). The Balaban J connectivity index is 0.000000251. The van der Waals surface area contributed by atoms with Crippen LogP contribution in [0.3, 0.4) is 0 Å². The molecule has 0 aliphatic heterocycles. The minimum absolute atomic E-state index is 0.00939. The summed E-state index contributed by atoms with van der Waals surface area (Å²) >= 11 is 0. The standard InChI is InChI=1S/C23H30.C20H18.C17H16.C3H8.2C2H6/c1-17-12-10-8-7-9-11-13-21-22(19(3)16-17)18(2)14-15-20(4)23(21,5)6;1-14-9-11-15(12-10-14)17-7-4-8-19-18-6-3-2-5-16(18)13-20(17)19;1-14-7-6-10-17(13-14)15(2)11-12-16-8-4-3-5-9-16;1-3-2;2*1-2/h7-8,10,12,14-15,18H,1,3-4,9,11,13,16H2,2,5-6H3;3-4,6-12H,2,5,13H2,1H3;3-13H,2H2,1H3;3H2,1-2H3;2*1-2H3/b8-7-,12-10-;;;;;. The third-order valence-electron chi connectivity index (χ3n) is 12.3. The lowest BCUT2D eigenvalue weighted by molar-refractivity contribution is 0.513. The minimum Gasteiger partial charge on any atom is -0.0955 e. The van der Waals surface area contributed by atoms with Crippen molar-refractivity contribution >= 4 is 17.2 Å². The highest BCUT2D eigenvalue weighted by Gasteiger charge is 2.32. The van der Waals surface area contributed by atoms with Gasteiger partial charge >= 0.3 is 0 Å². The van der Waals surface area contributed by atoms with Crippen LogP contribution in [0, 0.1) is 25.2 Å². The van der Waals surface area contributed by atoms with E-state index in [0.29, 0.717) is 5.92 Å². The summed E-state index contributed by atoms with van der Waals surface area (Å²) in [5, 5.41) is 0. The molecule has 1 atom stereocenters. The number of hydrogen-bond acceptors (Lipinski definition) is 0. The average Bonchev–Trinajstić information content (AvgIpc) is 3.69. The van der Waals surface area contributed by atoms with Crippen LogP contribution in [-0.4, -0.2) is 0 Å². The van der Waals surface area contributed by atoms with E-state index in [4.69, 9.17) is 0 Å². The summed E-state index contributed by atoms with van der Waals surface area (Å²) in [4.78, 5) is 0. The van der Waals surface area contributed by atoms with E-state index in [1.54, 1.807) is 5.57 Å². The van der Waals surface area contributed by atoms with Gasteiger partial charge < -0.3 is 0 Å². The molecule has 0 bridgehead atoms. The number of aryl methyl sites for hydroxylation is 2. The summed E-state index contributed by atoms with van der Waals surface area (Å²) in [5.41, 5.74) is 21.3. The van der Waals surface area contributed by atoms with Crippen molar-refractivity contribution in [3.8, 4) is 11.1 Å². The van der Waals surface area contributed by atoms with Gasteiger partial charge in [-0.2, -0.15) is 0 Å². The van der Waals surface area contributed by atoms with E-state index in [1.165, 1.54) is 98.1 Å². The topological polar surface area (TPSA) is 0 Å². The van der Waals surface area contributed by atoms with Crippen LogP contribution in [-0.2, 0) is 6.42 Å². The minimum atomic E-state index is -0.00939. The summed E-state index contributed by atoms with van der Waals surface area (Å²) in [6.07, 6.45) is 30.9. The van der Waals surface area contributed by atoms with Crippen molar-refractivity contribution in [3.05, 3.63) is 245 Å². The zero-order chi connectivity index (χ0) is 49.4. The molecule has 0 radical (unpaired) electrons. The van der Waals surface area contributed by atoms with Gasteiger partial charge in [-0.3, -0.25) is 0 Å². The molecular weight excluding hydrogens is 805 g/mol. The van der Waals surface area contributed by atoms with E-state index in [1.807, 2.05) is 45.9 Å². The monoisotopic (exact) mass is 889 g/mol. The Kier molecular flexibility index (Phi) is 23.9. The predicted octanol–water partition coefficient (Wildman–Crippen LogP) is 20.4. The van der Waals surface area contributed by atoms with Gasteiger partial charge in [-0.05, 0) is 126 Å². The van der Waals surface area contributed by atoms with Gasteiger partial charge in [-0.25, -0.2) is 0 Å². The van der Waals surface area contributed by atoms with Crippen LogP contribution in [0.2, 0.25) is 0 Å². The molecule has 0 saturated carbocycles. The summed E-state index contributed by atoms with van der Waals surface area (Å²) in [7, 11) is 0. The van der Waals surface area contributed by atoms with Gasteiger partial charge in [-0.1, -0.05) is 281 Å². The van der Waals surface area contributed by atoms with Crippen molar-refractivity contribution < 1.29 is 0 Å². The van der Waals surface area contributed by atoms with Gasteiger partial charge in [0.2, 0.25) is 0 Å².